The Bertz CT molecular complexity index is 562. The summed E-state index contributed by atoms with van der Waals surface area (Å²) in [7, 11) is 0. The van der Waals surface area contributed by atoms with Gasteiger partial charge in [0.15, 0.2) is 4.34 Å². The van der Waals surface area contributed by atoms with E-state index in [-0.39, 0.29) is 0 Å². The minimum absolute atomic E-state index is 0.400. The number of hydrogen-bond donors (Lipinski definition) is 2. The number of hydrogen-bond acceptors (Lipinski definition) is 5. The van der Waals surface area contributed by atoms with Crippen LogP contribution in [-0.4, -0.2) is 33.9 Å². The number of aromatic nitrogens is 1. The Balaban J connectivity index is 1.64. The smallest absolute Gasteiger partial charge is 0.321 e. The van der Waals surface area contributed by atoms with Gasteiger partial charge < -0.3 is 10.4 Å². The van der Waals surface area contributed by atoms with Crippen LogP contribution in [0.25, 0.3) is 10.2 Å². The Hall–Kier alpha value is -1.11. The molecule has 1 heterocycles. The summed E-state index contributed by atoms with van der Waals surface area (Å²) in [6, 6.07) is 7.89. The molecular formula is C13H14N2O2S2. The highest BCUT2D eigenvalue weighted by Gasteiger charge is 2.28. The van der Waals surface area contributed by atoms with Gasteiger partial charge in [-0.15, -0.1) is 11.3 Å². The number of fused-ring (bicyclic) bond motifs is 1. The number of carboxylic acids is 1. The van der Waals surface area contributed by atoms with Crippen LogP contribution in [0, 0.1) is 0 Å². The van der Waals surface area contributed by atoms with E-state index in [1.54, 1.807) is 11.3 Å². The number of thioether (sulfide) groups is 1. The minimum Gasteiger partial charge on any atom is -0.480 e. The molecule has 1 fully saturated rings. The van der Waals surface area contributed by atoms with E-state index in [1.807, 2.05) is 24.3 Å². The van der Waals surface area contributed by atoms with Crippen LogP contribution in [-0.2, 0) is 4.79 Å². The third-order valence-electron chi connectivity index (χ3n) is 2.96. The molecular weight excluding hydrogens is 280 g/mol. The number of thiazole rings is 1. The third kappa shape index (κ3) is 3.26. The van der Waals surface area contributed by atoms with E-state index in [2.05, 4.69) is 10.3 Å². The molecule has 0 radical (unpaired) electrons. The van der Waals surface area contributed by atoms with E-state index in [4.69, 9.17) is 0 Å². The highest BCUT2D eigenvalue weighted by molar-refractivity contribution is 8.01. The van der Waals surface area contributed by atoms with Crippen molar-refractivity contribution < 1.29 is 9.90 Å². The molecule has 3 rings (SSSR count). The van der Waals surface area contributed by atoms with Gasteiger partial charge >= 0.3 is 5.97 Å². The van der Waals surface area contributed by atoms with Crippen molar-refractivity contribution in [3.8, 4) is 0 Å². The maximum absolute atomic E-state index is 11.2. The number of para-hydroxylation sites is 1. The molecule has 1 aliphatic carbocycles. The lowest BCUT2D eigenvalue weighted by Gasteiger charge is -2.12. The van der Waals surface area contributed by atoms with E-state index >= 15 is 0 Å². The molecule has 19 heavy (non-hydrogen) atoms. The van der Waals surface area contributed by atoms with Crippen molar-refractivity contribution in [3.05, 3.63) is 24.3 Å². The van der Waals surface area contributed by atoms with E-state index in [1.165, 1.54) is 11.8 Å². The summed E-state index contributed by atoms with van der Waals surface area (Å²) in [6.45, 7) is 0. The lowest BCUT2D eigenvalue weighted by atomic mass is 10.3. The average molecular weight is 294 g/mol. The molecule has 0 spiro atoms. The number of rotatable bonds is 6. The third-order valence-corrected chi connectivity index (χ3v) is 5.23. The Morgan fingerprint density at radius 2 is 2.32 bits per heavy atom. The first-order valence-corrected chi connectivity index (χ1v) is 8.00. The van der Waals surface area contributed by atoms with Gasteiger partial charge in [0.2, 0.25) is 0 Å². The summed E-state index contributed by atoms with van der Waals surface area (Å²) < 4.78 is 2.08. The van der Waals surface area contributed by atoms with E-state index < -0.39 is 12.0 Å². The molecule has 1 aromatic carbocycles. The number of benzene rings is 1. The number of nitrogens with zero attached hydrogens (tertiary/aromatic N) is 1. The second-order valence-corrected chi connectivity index (χ2v) is 6.89. The monoisotopic (exact) mass is 294 g/mol. The van der Waals surface area contributed by atoms with Crippen molar-refractivity contribution in [2.45, 2.75) is 29.3 Å². The second-order valence-electron chi connectivity index (χ2n) is 4.59. The van der Waals surface area contributed by atoms with Crippen LogP contribution in [0.3, 0.4) is 0 Å². The Morgan fingerprint density at radius 1 is 1.53 bits per heavy atom. The van der Waals surface area contributed by atoms with Crippen LogP contribution in [0.2, 0.25) is 0 Å². The van der Waals surface area contributed by atoms with E-state index in [0.29, 0.717) is 11.8 Å². The number of aliphatic carboxylic acids is 1. The van der Waals surface area contributed by atoms with Crippen LogP contribution >= 0.6 is 23.1 Å². The van der Waals surface area contributed by atoms with Crippen LogP contribution < -0.4 is 5.32 Å². The first kappa shape index (κ1) is 12.9. The predicted molar refractivity (Wildman–Crippen MR) is 77.9 cm³/mol. The van der Waals surface area contributed by atoms with Crippen molar-refractivity contribution >= 4 is 39.3 Å². The fourth-order valence-electron chi connectivity index (χ4n) is 1.79. The largest absolute Gasteiger partial charge is 0.480 e. The first-order chi connectivity index (χ1) is 9.22. The topological polar surface area (TPSA) is 62.2 Å². The second kappa shape index (κ2) is 5.48. The van der Waals surface area contributed by atoms with Gasteiger partial charge in [0.25, 0.3) is 0 Å². The van der Waals surface area contributed by atoms with Crippen molar-refractivity contribution in [1.29, 1.82) is 0 Å². The predicted octanol–water partition coefficient (Wildman–Crippen LogP) is 2.59. The fourth-order valence-corrected chi connectivity index (χ4v) is 3.91. The molecule has 6 heteroatoms. The first-order valence-electron chi connectivity index (χ1n) is 6.19. The maximum Gasteiger partial charge on any atom is 0.321 e. The Kier molecular flexibility index (Phi) is 3.72. The van der Waals surface area contributed by atoms with Gasteiger partial charge in [0.1, 0.15) is 6.04 Å². The van der Waals surface area contributed by atoms with E-state index in [9.17, 15) is 9.90 Å². The molecule has 0 aliphatic heterocycles. The molecule has 0 bridgehead atoms. The number of carbonyl (C=O) groups is 1. The molecule has 0 amide bonds. The summed E-state index contributed by atoms with van der Waals surface area (Å²) in [5.41, 5.74) is 0.983. The average Bonchev–Trinajstić information content (AvgIpc) is 3.11. The molecule has 2 N–H and O–H groups in total. The molecule has 1 aliphatic rings. The van der Waals surface area contributed by atoms with Gasteiger partial charge in [-0.25, -0.2) is 4.98 Å². The number of nitrogens with one attached hydrogen (secondary N) is 1. The molecule has 4 nitrogen and oxygen atoms in total. The summed E-state index contributed by atoms with van der Waals surface area (Å²) >= 11 is 3.13. The van der Waals surface area contributed by atoms with Gasteiger partial charge in [-0.1, -0.05) is 23.9 Å². The normalized spacial score (nSPS) is 16.6. The quantitative estimate of drug-likeness (QED) is 0.802. The highest BCUT2D eigenvalue weighted by Crippen LogP contribution is 2.30. The molecule has 100 valence electrons. The molecule has 1 atom stereocenters. The van der Waals surface area contributed by atoms with Crippen molar-refractivity contribution in [3.63, 3.8) is 0 Å². The van der Waals surface area contributed by atoms with Crippen molar-refractivity contribution in [2.75, 3.05) is 5.75 Å². The molecule has 0 saturated heterocycles. The van der Waals surface area contributed by atoms with Crippen molar-refractivity contribution in [1.82, 2.24) is 10.3 Å². The van der Waals surface area contributed by atoms with Crippen LogP contribution in [0.15, 0.2) is 28.6 Å². The zero-order valence-corrected chi connectivity index (χ0v) is 11.8. The zero-order valence-electron chi connectivity index (χ0n) is 10.2. The fraction of sp³-hybridized carbons (Fsp3) is 0.385. The number of carboxylic acid groups (broad SMARTS) is 1. The summed E-state index contributed by atoms with van der Waals surface area (Å²) in [6.07, 6.45) is 2.19. The maximum atomic E-state index is 11.2. The molecule has 1 unspecified atom stereocenters. The Labute approximate surface area is 119 Å². The van der Waals surface area contributed by atoms with Crippen LogP contribution in [0.1, 0.15) is 12.8 Å². The van der Waals surface area contributed by atoms with Gasteiger partial charge in [0.05, 0.1) is 10.2 Å². The van der Waals surface area contributed by atoms with E-state index in [0.717, 1.165) is 27.4 Å². The SMILES string of the molecule is O=C(O)C(CSc1nc2ccccc2s1)NC1CC1. The highest BCUT2D eigenvalue weighted by atomic mass is 32.2. The van der Waals surface area contributed by atoms with Gasteiger partial charge in [-0.05, 0) is 25.0 Å². The van der Waals surface area contributed by atoms with Crippen LogP contribution in [0.4, 0.5) is 0 Å². The Morgan fingerprint density at radius 3 is 3.00 bits per heavy atom. The summed E-state index contributed by atoms with van der Waals surface area (Å²) in [4.78, 5) is 15.7. The van der Waals surface area contributed by atoms with Crippen molar-refractivity contribution in [2.24, 2.45) is 0 Å². The zero-order chi connectivity index (χ0) is 13.2. The standard InChI is InChI=1S/C13H14N2O2S2/c16-12(17)10(14-8-5-6-8)7-18-13-15-9-3-1-2-4-11(9)19-13/h1-4,8,10,14H,5-7H2,(H,16,17). The lowest BCUT2D eigenvalue weighted by molar-refractivity contribution is -0.138. The van der Waals surface area contributed by atoms with Gasteiger partial charge in [0, 0.05) is 11.8 Å². The molecule has 1 aromatic heterocycles. The van der Waals surface area contributed by atoms with Gasteiger partial charge in [-0.3, -0.25) is 4.79 Å². The summed E-state index contributed by atoms with van der Waals surface area (Å²) in [5.74, 6) is -0.258. The molecule has 2 aromatic rings. The molecule has 1 saturated carbocycles. The lowest BCUT2D eigenvalue weighted by Crippen LogP contribution is -2.40. The van der Waals surface area contributed by atoms with Crippen LogP contribution in [0.5, 0.6) is 0 Å². The van der Waals surface area contributed by atoms with Gasteiger partial charge in [-0.2, -0.15) is 0 Å². The minimum atomic E-state index is -0.777. The summed E-state index contributed by atoms with van der Waals surface area (Å²) in [5, 5.41) is 12.3.